The second kappa shape index (κ2) is 6.12. The molecule has 7 nitrogen and oxygen atoms in total. The van der Waals surface area contributed by atoms with Crippen LogP contribution in [0.2, 0.25) is 0 Å². The summed E-state index contributed by atoms with van der Waals surface area (Å²) in [6.07, 6.45) is 0. The van der Waals surface area contributed by atoms with E-state index >= 15 is 0 Å². The Morgan fingerprint density at radius 2 is 2.17 bits per heavy atom. The molecule has 1 heterocycles. The van der Waals surface area contributed by atoms with E-state index in [0.29, 0.717) is 0 Å². The summed E-state index contributed by atoms with van der Waals surface area (Å²) in [5.41, 5.74) is 10.7. The van der Waals surface area contributed by atoms with Crippen LogP contribution in [0, 0.1) is 0 Å². The summed E-state index contributed by atoms with van der Waals surface area (Å²) in [4.78, 5) is 33.9. The summed E-state index contributed by atoms with van der Waals surface area (Å²) in [6.45, 7) is 1.73. The molecule has 0 radical (unpaired) electrons. The first kappa shape index (κ1) is 14.1. The molecule has 0 aliphatic rings. The second-order valence-corrected chi connectivity index (χ2v) is 4.16. The number of nitrogens with one attached hydrogen (secondary N) is 1. The van der Waals surface area contributed by atoms with Crippen LogP contribution in [0.25, 0.3) is 0 Å². The molecule has 0 saturated heterocycles. The summed E-state index contributed by atoms with van der Waals surface area (Å²) in [5, 5.41) is 4.21. The number of ether oxygens (including phenoxy) is 1. The van der Waals surface area contributed by atoms with Gasteiger partial charge in [0.1, 0.15) is 5.00 Å². The number of esters is 1. The lowest BCUT2D eigenvalue weighted by Crippen LogP contribution is -2.43. The average Bonchev–Trinajstić information content (AvgIpc) is 2.76. The van der Waals surface area contributed by atoms with Crippen molar-refractivity contribution in [3.63, 3.8) is 0 Å². The molecule has 0 bridgehead atoms. The molecule has 0 aromatic carbocycles. The minimum atomic E-state index is -1.44. The third-order valence-electron chi connectivity index (χ3n) is 1.99. The van der Waals surface area contributed by atoms with Crippen LogP contribution in [0.4, 0.5) is 5.00 Å². The van der Waals surface area contributed by atoms with E-state index in [1.54, 1.807) is 12.3 Å². The van der Waals surface area contributed by atoms with Crippen LogP contribution in [-0.2, 0) is 14.3 Å². The van der Waals surface area contributed by atoms with E-state index in [4.69, 9.17) is 11.5 Å². The Hall–Kier alpha value is -1.93. The van der Waals surface area contributed by atoms with Gasteiger partial charge in [-0.3, -0.25) is 9.59 Å². The van der Waals surface area contributed by atoms with Gasteiger partial charge in [-0.1, -0.05) is 0 Å². The topological polar surface area (TPSA) is 125 Å². The quantitative estimate of drug-likeness (QED) is 0.500. The van der Waals surface area contributed by atoms with E-state index in [0.717, 1.165) is 11.3 Å². The molecule has 0 fully saturated rings. The molecular weight excluding hydrogens is 258 g/mol. The largest absolute Gasteiger partial charge is 0.464 e. The molecule has 8 heteroatoms. The Bertz CT molecular complexity index is 471. The fourth-order valence-corrected chi connectivity index (χ4v) is 1.92. The number of carbonyl (C=O) groups is 3. The maximum absolute atomic E-state index is 11.6. The monoisotopic (exact) mass is 271 g/mol. The Balaban J connectivity index is 2.72. The van der Waals surface area contributed by atoms with Crippen molar-refractivity contribution in [1.29, 1.82) is 0 Å². The number of hydrogen-bond donors (Lipinski definition) is 3. The van der Waals surface area contributed by atoms with Crippen molar-refractivity contribution >= 4 is 34.1 Å². The predicted octanol–water partition coefficient (Wildman–Crippen LogP) is -0.324. The van der Waals surface area contributed by atoms with Crippen molar-refractivity contribution < 1.29 is 19.1 Å². The lowest BCUT2D eigenvalue weighted by atomic mass is 10.2. The van der Waals surface area contributed by atoms with Crippen molar-refractivity contribution in [1.82, 2.24) is 0 Å². The molecule has 5 N–H and O–H groups in total. The van der Waals surface area contributed by atoms with Crippen LogP contribution in [0.3, 0.4) is 0 Å². The van der Waals surface area contributed by atoms with E-state index in [2.05, 4.69) is 10.1 Å². The van der Waals surface area contributed by atoms with Crippen molar-refractivity contribution in [3.8, 4) is 0 Å². The van der Waals surface area contributed by atoms with Gasteiger partial charge in [0.15, 0.2) is 6.04 Å². The number of anilines is 1. The van der Waals surface area contributed by atoms with E-state index in [9.17, 15) is 14.4 Å². The van der Waals surface area contributed by atoms with Gasteiger partial charge in [-0.05, 0) is 18.4 Å². The number of hydrogen-bond acceptors (Lipinski definition) is 6. The summed E-state index contributed by atoms with van der Waals surface area (Å²) in [7, 11) is 0. The zero-order valence-electron chi connectivity index (χ0n) is 9.64. The molecule has 2 amide bonds. The zero-order valence-corrected chi connectivity index (χ0v) is 10.5. The first-order valence-electron chi connectivity index (χ1n) is 5.07. The molecular formula is C10H13N3O4S. The lowest BCUT2D eigenvalue weighted by molar-refractivity contribution is -0.146. The van der Waals surface area contributed by atoms with Gasteiger partial charge >= 0.3 is 5.97 Å². The Morgan fingerprint density at radius 3 is 2.72 bits per heavy atom. The van der Waals surface area contributed by atoms with E-state index < -0.39 is 23.8 Å². The highest BCUT2D eigenvalue weighted by molar-refractivity contribution is 7.14. The summed E-state index contributed by atoms with van der Waals surface area (Å²) in [5.74, 6) is -2.25. The maximum Gasteiger partial charge on any atom is 0.332 e. The SMILES string of the molecule is CCOC(=O)C(N)C(=O)Nc1sccc1C(N)=O. The Kier molecular flexibility index (Phi) is 4.81. The third kappa shape index (κ3) is 3.28. The molecule has 0 spiro atoms. The highest BCUT2D eigenvalue weighted by Crippen LogP contribution is 2.22. The lowest BCUT2D eigenvalue weighted by Gasteiger charge is -2.10. The van der Waals surface area contributed by atoms with Gasteiger partial charge in [-0.2, -0.15) is 0 Å². The highest BCUT2D eigenvalue weighted by Gasteiger charge is 2.24. The zero-order chi connectivity index (χ0) is 13.7. The molecule has 1 atom stereocenters. The minimum absolute atomic E-state index is 0.130. The Morgan fingerprint density at radius 1 is 1.50 bits per heavy atom. The van der Waals surface area contributed by atoms with Crippen molar-refractivity contribution in [3.05, 3.63) is 17.0 Å². The summed E-state index contributed by atoms with van der Waals surface area (Å²) < 4.78 is 4.61. The number of thiophene rings is 1. The van der Waals surface area contributed by atoms with Gasteiger partial charge in [0.2, 0.25) is 0 Å². The van der Waals surface area contributed by atoms with E-state index in [1.807, 2.05) is 0 Å². The van der Waals surface area contributed by atoms with E-state index in [1.165, 1.54) is 6.07 Å². The number of nitrogens with two attached hydrogens (primary N) is 2. The van der Waals surface area contributed by atoms with Gasteiger partial charge in [-0.15, -0.1) is 11.3 Å². The standard InChI is InChI=1S/C10H13N3O4S/c1-2-17-10(16)6(11)8(15)13-9-5(7(12)14)3-4-18-9/h3-4,6H,2,11H2,1H3,(H2,12,14)(H,13,15). The number of primary amides is 1. The van der Waals surface area contributed by atoms with Gasteiger partial charge in [0.05, 0.1) is 12.2 Å². The molecule has 0 aliphatic heterocycles. The van der Waals surface area contributed by atoms with Gasteiger partial charge in [0.25, 0.3) is 11.8 Å². The van der Waals surface area contributed by atoms with Crippen LogP contribution in [0.5, 0.6) is 0 Å². The van der Waals surface area contributed by atoms with Crippen molar-refractivity contribution in [2.45, 2.75) is 13.0 Å². The molecule has 1 aromatic heterocycles. The average molecular weight is 271 g/mol. The number of carbonyl (C=O) groups excluding carboxylic acids is 3. The molecule has 18 heavy (non-hydrogen) atoms. The number of amides is 2. The summed E-state index contributed by atoms with van der Waals surface area (Å²) >= 11 is 1.11. The maximum atomic E-state index is 11.6. The van der Waals surface area contributed by atoms with Crippen LogP contribution in [0.15, 0.2) is 11.4 Å². The summed E-state index contributed by atoms with van der Waals surface area (Å²) in [6, 6.07) is 0.0335. The molecule has 1 rings (SSSR count). The predicted molar refractivity (Wildman–Crippen MR) is 66.1 cm³/mol. The fraction of sp³-hybridized carbons (Fsp3) is 0.300. The van der Waals surface area contributed by atoms with Crippen molar-refractivity contribution in [2.75, 3.05) is 11.9 Å². The number of rotatable bonds is 5. The molecule has 1 aromatic rings. The van der Waals surface area contributed by atoms with Crippen LogP contribution in [0.1, 0.15) is 17.3 Å². The van der Waals surface area contributed by atoms with Gasteiger partial charge in [-0.25, -0.2) is 4.79 Å². The van der Waals surface area contributed by atoms with Crippen LogP contribution in [-0.4, -0.2) is 30.4 Å². The molecule has 1 unspecified atom stereocenters. The van der Waals surface area contributed by atoms with Gasteiger partial charge < -0.3 is 21.5 Å². The van der Waals surface area contributed by atoms with Crippen LogP contribution >= 0.6 is 11.3 Å². The molecule has 98 valence electrons. The van der Waals surface area contributed by atoms with Crippen LogP contribution < -0.4 is 16.8 Å². The van der Waals surface area contributed by atoms with Gasteiger partial charge in [0, 0.05) is 0 Å². The van der Waals surface area contributed by atoms with E-state index in [-0.39, 0.29) is 17.2 Å². The fourth-order valence-electron chi connectivity index (χ4n) is 1.13. The second-order valence-electron chi connectivity index (χ2n) is 3.25. The first-order chi connectivity index (χ1) is 8.47. The highest BCUT2D eigenvalue weighted by atomic mass is 32.1. The smallest absolute Gasteiger partial charge is 0.332 e. The van der Waals surface area contributed by atoms with Crippen molar-refractivity contribution in [2.24, 2.45) is 11.5 Å². The first-order valence-corrected chi connectivity index (χ1v) is 5.95. The Labute approximate surface area is 107 Å². The normalized spacial score (nSPS) is 11.7. The minimum Gasteiger partial charge on any atom is -0.464 e. The molecule has 0 saturated carbocycles. The molecule has 0 aliphatic carbocycles. The third-order valence-corrected chi connectivity index (χ3v) is 2.82.